The third-order valence-corrected chi connectivity index (χ3v) is 3.75. The Kier molecular flexibility index (Phi) is 4.19. The molecule has 130 valence electrons. The highest BCUT2D eigenvalue weighted by Crippen LogP contribution is 2.31. The fourth-order valence-electron chi connectivity index (χ4n) is 2.49. The van der Waals surface area contributed by atoms with Gasteiger partial charge in [-0.3, -0.25) is 25.0 Å². The number of amides is 1. The van der Waals surface area contributed by atoms with Crippen LogP contribution >= 0.6 is 0 Å². The van der Waals surface area contributed by atoms with Crippen LogP contribution in [0.25, 0.3) is 10.8 Å². The van der Waals surface area contributed by atoms with Crippen molar-refractivity contribution in [3.8, 4) is 5.75 Å². The molecular formula is C17H11N3O6. The number of nitro groups is 2. The van der Waals surface area contributed by atoms with Crippen molar-refractivity contribution in [1.82, 2.24) is 0 Å². The summed E-state index contributed by atoms with van der Waals surface area (Å²) in [6, 6.07) is 12.8. The molecule has 0 aliphatic carbocycles. The van der Waals surface area contributed by atoms with Crippen LogP contribution in [0.3, 0.4) is 0 Å². The van der Waals surface area contributed by atoms with Crippen LogP contribution in [0.5, 0.6) is 5.75 Å². The summed E-state index contributed by atoms with van der Waals surface area (Å²) in [6.07, 6.45) is 0. The summed E-state index contributed by atoms with van der Waals surface area (Å²) in [7, 11) is 0. The first kappa shape index (κ1) is 16.8. The molecule has 0 radical (unpaired) electrons. The van der Waals surface area contributed by atoms with Crippen LogP contribution in [0.1, 0.15) is 10.4 Å². The average Bonchev–Trinajstić information content (AvgIpc) is 2.60. The molecule has 3 aromatic carbocycles. The van der Waals surface area contributed by atoms with Crippen LogP contribution in [0.15, 0.2) is 54.6 Å². The van der Waals surface area contributed by atoms with Crippen molar-refractivity contribution in [1.29, 1.82) is 0 Å². The lowest BCUT2D eigenvalue weighted by Gasteiger charge is -2.09. The normalized spacial score (nSPS) is 10.5. The predicted octanol–water partition coefficient (Wildman–Crippen LogP) is 3.61. The van der Waals surface area contributed by atoms with Gasteiger partial charge >= 0.3 is 0 Å². The molecule has 0 unspecified atom stereocenters. The fourth-order valence-corrected chi connectivity index (χ4v) is 2.49. The first-order valence-electron chi connectivity index (χ1n) is 7.33. The Morgan fingerprint density at radius 2 is 1.58 bits per heavy atom. The van der Waals surface area contributed by atoms with Crippen molar-refractivity contribution in [3.05, 3.63) is 80.4 Å². The number of nitro benzene ring substituents is 2. The molecular weight excluding hydrogens is 342 g/mol. The van der Waals surface area contributed by atoms with E-state index in [0.29, 0.717) is 5.39 Å². The number of nitrogens with one attached hydrogen (secondary N) is 1. The molecule has 0 bridgehead atoms. The van der Waals surface area contributed by atoms with E-state index >= 15 is 0 Å². The summed E-state index contributed by atoms with van der Waals surface area (Å²) in [5.74, 6) is -1.06. The first-order chi connectivity index (χ1) is 12.4. The second-order valence-electron chi connectivity index (χ2n) is 5.39. The number of aromatic hydroxyl groups is 1. The van der Waals surface area contributed by atoms with Gasteiger partial charge in [-0.05, 0) is 29.0 Å². The molecule has 0 fully saturated rings. The van der Waals surface area contributed by atoms with E-state index in [-0.39, 0.29) is 17.0 Å². The number of hydrogen-bond donors (Lipinski definition) is 2. The zero-order valence-electron chi connectivity index (χ0n) is 13.1. The lowest BCUT2D eigenvalue weighted by molar-refractivity contribution is -0.393. The second kappa shape index (κ2) is 6.48. The van der Waals surface area contributed by atoms with Crippen molar-refractivity contribution in [3.63, 3.8) is 0 Å². The summed E-state index contributed by atoms with van der Waals surface area (Å²) in [6.45, 7) is 0. The number of phenolic OH excluding ortho intramolecular Hbond substituents is 1. The highest BCUT2D eigenvalue weighted by atomic mass is 16.6. The molecule has 3 rings (SSSR count). The van der Waals surface area contributed by atoms with Crippen molar-refractivity contribution >= 4 is 33.7 Å². The van der Waals surface area contributed by atoms with E-state index in [0.717, 1.165) is 23.6 Å². The molecule has 0 saturated heterocycles. The lowest BCUT2D eigenvalue weighted by Crippen LogP contribution is -2.13. The Morgan fingerprint density at radius 1 is 0.923 bits per heavy atom. The number of benzene rings is 3. The van der Waals surface area contributed by atoms with Crippen LogP contribution in [0.2, 0.25) is 0 Å². The molecule has 9 nitrogen and oxygen atoms in total. The molecule has 0 aromatic heterocycles. The number of anilines is 1. The van der Waals surface area contributed by atoms with E-state index in [1.54, 1.807) is 24.3 Å². The van der Waals surface area contributed by atoms with Gasteiger partial charge in [0.1, 0.15) is 11.4 Å². The number of nitrogens with zero attached hydrogens (tertiary/aromatic N) is 2. The van der Waals surface area contributed by atoms with Gasteiger partial charge in [0.05, 0.1) is 21.5 Å². The maximum atomic E-state index is 12.4. The molecule has 0 heterocycles. The number of carbonyl (C=O) groups is 1. The van der Waals surface area contributed by atoms with Crippen LogP contribution in [-0.2, 0) is 0 Å². The standard InChI is InChI=1S/C17H11N3O6/c21-16-8-11-4-2-1-3-10(11)7-13(16)17(22)18-14-6-5-12(19(23)24)9-15(14)20(25)26/h1-9,21H,(H,18,22). The van der Waals surface area contributed by atoms with Gasteiger partial charge in [0.25, 0.3) is 17.3 Å². The highest BCUT2D eigenvalue weighted by Gasteiger charge is 2.22. The van der Waals surface area contributed by atoms with E-state index in [2.05, 4.69) is 5.32 Å². The van der Waals surface area contributed by atoms with Gasteiger partial charge in [0, 0.05) is 6.07 Å². The summed E-state index contributed by atoms with van der Waals surface area (Å²) < 4.78 is 0. The Labute approximate surface area is 145 Å². The summed E-state index contributed by atoms with van der Waals surface area (Å²) in [4.78, 5) is 32.7. The summed E-state index contributed by atoms with van der Waals surface area (Å²) in [5, 5.41) is 35.7. The SMILES string of the molecule is O=C(Nc1ccc([N+](=O)[O-])cc1[N+](=O)[O-])c1cc2ccccc2cc1O. The largest absolute Gasteiger partial charge is 0.507 e. The Bertz CT molecular complexity index is 1060. The number of fused-ring (bicyclic) bond motifs is 1. The number of carbonyl (C=O) groups excluding carboxylic acids is 1. The molecule has 2 N–H and O–H groups in total. The van der Waals surface area contributed by atoms with E-state index in [1.807, 2.05) is 0 Å². The molecule has 1 amide bonds. The third-order valence-electron chi connectivity index (χ3n) is 3.75. The summed E-state index contributed by atoms with van der Waals surface area (Å²) in [5.41, 5.74) is -1.37. The fraction of sp³-hybridized carbons (Fsp3) is 0. The van der Waals surface area contributed by atoms with Gasteiger partial charge in [-0.15, -0.1) is 0 Å². The van der Waals surface area contributed by atoms with Gasteiger partial charge in [0.15, 0.2) is 0 Å². The topological polar surface area (TPSA) is 136 Å². The van der Waals surface area contributed by atoms with E-state index < -0.39 is 27.1 Å². The minimum Gasteiger partial charge on any atom is -0.507 e. The van der Waals surface area contributed by atoms with E-state index in [9.17, 15) is 30.1 Å². The molecule has 0 aliphatic rings. The van der Waals surface area contributed by atoms with Crippen LogP contribution in [0, 0.1) is 20.2 Å². The Balaban J connectivity index is 1.99. The highest BCUT2D eigenvalue weighted by molar-refractivity contribution is 6.09. The number of hydrogen-bond acceptors (Lipinski definition) is 6. The van der Waals surface area contributed by atoms with Crippen molar-refractivity contribution in [2.45, 2.75) is 0 Å². The van der Waals surface area contributed by atoms with Crippen molar-refractivity contribution in [2.75, 3.05) is 5.32 Å². The quantitative estimate of drug-likeness (QED) is 0.543. The minimum atomic E-state index is -0.830. The molecule has 26 heavy (non-hydrogen) atoms. The van der Waals surface area contributed by atoms with Crippen LogP contribution < -0.4 is 5.32 Å². The van der Waals surface area contributed by atoms with E-state index in [4.69, 9.17) is 0 Å². The maximum Gasteiger partial charge on any atom is 0.299 e. The third kappa shape index (κ3) is 3.13. The van der Waals surface area contributed by atoms with E-state index in [1.165, 1.54) is 12.1 Å². The second-order valence-corrected chi connectivity index (χ2v) is 5.39. The molecule has 0 saturated carbocycles. The zero-order valence-corrected chi connectivity index (χ0v) is 13.1. The van der Waals surface area contributed by atoms with Gasteiger partial charge in [-0.2, -0.15) is 0 Å². The predicted molar refractivity (Wildman–Crippen MR) is 93.3 cm³/mol. The first-order valence-corrected chi connectivity index (χ1v) is 7.33. The number of non-ortho nitro benzene ring substituents is 1. The smallest absolute Gasteiger partial charge is 0.299 e. The zero-order chi connectivity index (χ0) is 18.8. The molecule has 3 aromatic rings. The molecule has 0 aliphatic heterocycles. The van der Waals surface area contributed by atoms with Gasteiger partial charge in [-0.25, -0.2) is 0 Å². The van der Waals surface area contributed by atoms with Gasteiger partial charge in [-0.1, -0.05) is 24.3 Å². The van der Waals surface area contributed by atoms with Crippen LogP contribution in [-0.4, -0.2) is 20.9 Å². The number of phenols is 1. The van der Waals surface area contributed by atoms with Gasteiger partial charge in [0.2, 0.25) is 0 Å². The molecule has 0 spiro atoms. The Hall–Kier alpha value is -4.01. The molecule has 0 atom stereocenters. The minimum absolute atomic E-state index is 0.0728. The van der Waals surface area contributed by atoms with Crippen molar-refractivity contribution in [2.24, 2.45) is 0 Å². The van der Waals surface area contributed by atoms with Crippen LogP contribution in [0.4, 0.5) is 17.1 Å². The number of rotatable bonds is 4. The maximum absolute atomic E-state index is 12.4. The Morgan fingerprint density at radius 3 is 2.19 bits per heavy atom. The lowest BCUT2D eigenvalue weighted by atomic mass is 10.1. The summed E-state index contributed by atoms with van der Waals surface area (Å²) >= 11 is 0. The monoisotopic (exact) mass is 353 g/mol. The van der Waals surface area contributed by atoms with Gasteiger partial charge < -0.3 is 10.4 Å². The molecule has 9 heteroatoms. The average molecular weight is 353 g/mol. The van der Waals surface area contributed by atoms with Crippen molar-refractivity contribution < 1.29 is 19.7 Å².